The SMILES string of the molecule is CCOC(=O)C1=C(C)OC(C(C)(C)I)C1. The summed E-state index contributed by atoms with van der Waals surface area (Å²) in [4.78, 5) is 11.6. The maximum Gasteiger partial charge on any atom is 0.337 e. The number of ether oxygens (including phenoxy) is 2. The van der Waals surface area contributed by atoms with Crippen molar-refractivity contribution in [1.29, 1.82) is 0 Å². The monoisotopic (exact) mass is 324 g/mol. The van der Waals surface area contributed by atoms with Crippen molar-refractivity contribution in [3.8, 4) is 0 Å². The van der Waals surface area contributed by atoms with Crippen LogP contribution in [0.5, 0.6) is 0 Å². The topological polar surface area (TPSA) is 35.5 Å². The lowest BCUT2D eigenvalue weighted by atomic mass is 10.0. The van der Waals surface area contributed by atoms with Gasteiger partial charge < -0.3 is 9.47 Å². The maximum atomic E-state index is 11.6. The molecule has 0 bridgehead atoms. The van der Waals surface area contributed by atoms with Gasteiger partial charge in [-0.25, -0.2) is 4.79 Å². The summed E-state index contributed by atoms with van der Waals surface area (Å²) in [6, 6.07) is 0. The molecule has 1 heterocycles. The zero-order valence-corrected chi connectivity index (χ0v) is 11.8. The molecule has 0 aromatic rings. The molecule has 0 aliphatic carbocycles. The van der Waals surface area contributed by atoms with Crippen molar-refractivity contribution in [2.24, 2.45) is 0 Å². The van der Waals surface area contributed by atoms with E-state index in [0.717, 1.165) is 0 Å². The quantitative estimate of drug-likeness (QED) is 0.455. The maximum absolute atomic E-state index is 11.6. The van der Waals surface area contributed by atoms with Crippen LogP contribution in [0.4, 0.5) is 0 Å². The number of halogens is 1. The highest BCUT2D eigenvalue weighted by molar-refractivity contribution is 14.1. The van der Waals surface area contributed by atoms with E-state index in [-0.39, 0.29) is 15.5 Å². The molecule has 3 nitrogen and oxygen atoms in total. The third kappa shape index (κ3) is 3.09. The fourth-order valence-corrected chi connectivity index (χ4v) is 1.83. The number of esters is 1. The Morgan fingerprint density at radius 1 is 1.67 bits per heavy atom. The van der Waals surface area contributed by atoms with Crippen molar-refractivity contribution >= 4 is 28.6 Å². The van der Waals surface area contributed by atoms with Gasteiger partial charge in [0.25, 0.3) is 0 Å². The minimum absolute atomic E-state index is 0.0211. The van der Waals surface area contributed by atoms with Crippen molar-refractivity contribution in [1.82, 2.24) is 0 Å². The molecule has 0 aromatic carbocycles. The Balaban J connectivity index is 2.70. The first kappa shape index (κ1) is 12.8. The van der Waals surface area contributed by atoms with Crippen LogP contribution in [0.1, 0.15) is 34.1 Å². The number of carbonyl (C=O) groups is 1. The highest BCUT2D eigenvalue weighted by Gasteiger charge is 2.37. The lowest BCUT2D eigenvalue weighted by Crippen LogP contribution is -2.29. The summed E-state index contributed by atoms with van der Waals surface area (Å²) in [5.74, 6) is 0.473. The number of hydrogen-bond acceptors (Lipinski definition) is 3. The second-order valence-electron chi connectivity index (χ2n) is 4.13. The number of rotatable bonds is 3. The number of allylic oxidation sites excluding steroid dienone is 1. The van der Waals surface area contributed by atoms with Crippen LogP contribution in [0.15, 0.2) is 11.3 Å². The summed E-state index contributed by atoms with van der Waals surface area (Å²) in [6.45, 7) is 8.24. The van der Waals surface area contributed by atoms with Gasteiger partial charge in [-0.05, 0) is 27.7 Å². The third-order valence-electron chi connectivity index (χ3n) is 2.42. The average molecular weight is 324 g/mol. The summed E-state index contributed by atoms with van der Waals surface area (Å²) >= 11 is 2.34. The van der Waals surface area contributed by atoms with Gasteiger partial charge in [0.15, 0.2) is 0 Å². The van der Waals surface area contributed by atoms with Crippen molar-refractivity contribution < 1.29 is 14.3 Å². The van der Waals surface area contributed by atoms with Crippen LogP contribution in [0.3, 0.4) is 0 Å². The predicted octanol–water partition coefficient (Wildman–Crippen LogP) is 2.83. The Morgan fingerprint density at radius 2 is 2.27 bits per heavy atom. The number of hydrogen-bond donors (Lipinski definition) is 0. The van der Waals surface area contributed by atoms with Crippen molar-refractivity contribution in [3.05, 3.63) is 11.3 Å². The zero-order chi connectivity index (χ0) is 11.6. The van der Waals surface area contributed by atoms with E-state index in [4.69, 9.17) is 9.47 Å². The normalized spacial score (nSPS) is 21.5. The van der Waals surface area contributed by atoms with E-state index < -0.39 is 0 Å². The van der Waals surface area contributed by atoms with Crippen LogP contribution < -0.4 is 0 Å². The van der Waals surface area contributed by atoms with Gasteiger partial charge in [-0.3, -0.25) is 0 Å². The first-order valence-electron chi connectivity index (χ1n) is 5.08. The van der Waals surface area contributed by atoms with Crippen LogP contribution in [-0.4, -0.2) is 22.1 Å². The van der Waals surface area contributed by atoms with Gasteiger partial charge in [-0.1, -0.05) is 22.6 Å². The lowest BCUT2D eigenvalue weighted by molar-refractivity contribution is -0.138. The van der Waals surface area contributed by atoms with E-state index in [0.29, 0.717) is 24.4 Å². The minimum Gasteiger partial charge on any atom is -0.493 e. The van der Waals surface area contributed by atoms with E-state index in [1.807, 2.05) is 13.8 Å². The molecule has 86 valence electrons. The van der Waals surface area contributed by atoms with E-state index in [2.05, 4.69) is 36.4 Å². The van der Waals surface area contributed by atoms with Crippen molar-refractivity contribution in [2.75, 3.05) is 6.61 Å². The summed E-state index contributed by atoms with van der Waals surface area (Å²) in [6.07, 6.45) is 0.721. The van der Waals surface area contributed by atoms with Gasteiger partial charge in [0, 0.05) is 6.42 Å². The first-order valence-corrected chi connectivity index (χ1v) is 6.16. The molecule has 4 heteroatoms. The summed E-state index contributed by atoms with van der Waals surface area (Å²) in [7, 11) is 0. The smallest absolute Gasteiger partial charge is 0.337 e. The fraction of sp³-hybridized carbons (Fsp3) is 0.727. The van der Waals surface area contributed by atoms with E-state index in [1.165, 1.54) is 0 Å². The second-order valence-corrected chi connectivity index (χ2v) is 6.91. The molecule has 0 N–H and O–H groups in total. The minimum atomic E-state index is -0.238. The van der Waals surface area contributed by atoms with Crippen LogP contribution in [0.2, 0.25) is 0 Å². The van der Waals surface area contributed by atoms with Crippen LogP contribution in [0, 0.1) is 0 Å². The Bertz CT molecular complexity index is 289. The lowest BCUT2D eigenvalue weighted by Gasteiger charge is -2.24. The molecule has 1 aliphatic rings. The molecular weight excluding hydrogens is 307 g/mol. The molecule has 0 fully saturated rings. The highest BCUT2D eigenvalue weighted by atomic mass is 127. The van der Waals surface area contributed by atoms with Gasteiger partial charge in [-0.2, -0.15) is 0 Å². The van der Waals surface area contributed by atoms with Gasteiger partial charge >= 0.3 is 5.97 Å². The van der Waals surface area contributed by atoms with Crippen LogP contribution in [0.25, 0.3) is 0 Å². The molecule has 15 heavy (non-hydrogen) atoms. The molecule has 0 saturated heterocycles. The third-order valence-corrected chi connectivity index (χ3v) is 3.12. The molecule has 0 spiro atoms. The van der Waals surface area contributed by atoms with Gasteiger partial charge in [0.2, 0.25) is 0 Å². The van der Waals surface area contributed by atoms with Gasteiger partial charge in [0.1, 0.15) is 11.9 Å². The summed E-state index contributed by atoms with van der Waals surface area (Å²) in [5.41, 5.74) is 0.687. The zero-order valence-electron chi connectivity index (χ0n) is 9.59. The summed E-state index contributed by atoms with van der Waals surface area (Å²) in [5, 5.41) is 0. The van der Waals surface area contributed by atoms with Gasteiger partial charge in [-0.15, -0.1) is 0 Å². The Kier molecular flexibility index (Phi) is 4.03. The number of alkyl halides is 1. The van der Waals surface area contributed by atoms with Crippen molar-refractivity contribution in [3.63, 3.8) is 0 Å². The van der Waals surface area contributed by atoms with Gasteiger partial charge in [0.05, 0.1) is 15.6 Å². The number of carbonyl (C=O) groups excluding carboxylic acids is 1. The van der Waals surface area contributed by atoms with E-state index in [1.54, 1.807) is 0 Å². The average Bonchev–Trinajstić information content (AvgIpc) is 2.47. The van der Waals surface area contributed by atoms with Crippen molar-refractivity contribution in [2.45, 2.75) is 43.6 Å². The second kappa shape index (κ2) is 4.72. The first-order chi connectivity index (χ1) is 6.86. The molecule has 0 aromatic heterocycles. The Hall–Kier alpha value is -0.260. The predicted molar refractivity (Wildman–Crippen MR) is 66.9 cm³/mol. The molecule has 1 unspecified atom stereocenters. The van der Waals surface area contributed by atoms with E-state index in [9.17, 15) is 4.79 Å². The Labute approximate surface area is 104 Å². The van der Waals surface area contributed by atoms with E-state index >= 15 is 0 Å². The summed E-state index contributed by atoms with van der Waals surface area (Å²) < 4.78 is 10.7. The molecule has 1 rings (SSSR count). The van der Waals surface area contributed by atoms with Crippen LogP contribution >= 0.6 is 22.6 Å². The molecule has 0 radical (unpaired) electrons. The highest BCUT2D eigenvalue weighted by Crippen LogP contribution is 2.36. The molecule has 0 amide bonds. The van der Waals surface area contributed by atoms with Crippen LogP contribution in [-0.2, 0) is 14.3 Å². The molecule has 1 aliphatic heterocycles. The molecular formula is C11H17IO3. The standard InChI is InChI=1S/C11H17IO3/c1-5-14-10(13)8-6-9(11(3,4)12)15-7(8)2/h9H,5-6H2,1-4H3. The fourth-order valence-electron chi connectivity index (χ4n) is 1.48. The molecule has 0 saturated carbocycles. The molecule has 1 atom stereocenters. The largest absolute Gasteiger partial charge is 0.493 e. The Morgan fingerprint density at radius 3 is 2.67 bits per heavy atom.